The van der Waals surface area contributed by atoms with Gasteiger partial charge in [0, 0.05) is 56.0 Å². The van der Waals surface area contributed by atoms with Crippen LogP contribution in [-0.4, -0.2) is 76.1 Å². The second kappa shape index (κ2) is 9.27. The number of morpholine rings is 1. The summed E-state index contributed by atoms with van der Waals surface area (Å²) in [5.74, 6) is 1.24. The van der Waals surface area contributed by atoms with Crippen LogP contribution in [0.1, 0.15) is 46.5 Å². The molecule has 0 bridgehead atoms. The molecule has 33 heavy (non-hydrogen) atoms. The van der Waals surface area contributed by atoms with Crippen molar-refractivity contribution in [1.29, 1.82) is 0 Å². The van der Waals surface area contributed by atoms with Gasteiger partial charge in [0.2, 0.25) is 11.8 Å². The van der Waals surface area contributed by atoms with E-state index in [0.29, 0.717) is 69.5 Å². The molecule has 4 heterocycles. The van der Waals surface area contributed by atoms with Crippen molar-refractivity contribution in [2.45, 2.75) is 32.1 Å². The number of likely N-dealkylation sites (tertiary alicyclic amines) is 1. The van der Waals surface area contributed by atoms with Gasteiger partial charge in [-0.3, -0.25) is 14.6 Å². The number of ether oxygens (including phenoxy) is 1. The quantitative estimate of drug-likeness (QED) is 0.589. The third kappa shape index (κ3) is 4.59. The van der Waals surface area contributed by atoms with E-state index in [1.54, 1.807) is 6.92 Å². The molecule has 0 radical (unpaired) electrons. The first-order valence-corrected chi connectivity index (χ1v) is 11.4. The van der Waals surface area contributed by atoms with Crippen LogP contribution in [0.2, 0.25) is 0 Å². The summed E-state index contributed by atoms with van der Waals surface area (Å²) in [5.41, 5.74) is 2.35. The molecule has 0 spiro atoms. The van der Waals surface area contributed by atoms with Gasteiger partial charge in [0.25, 0.3) is 5.91 Å². The van der Waals surface area contributed by atoms with E-state index in [9.17, 15) is 9.59 Å². The van der Waals surface area contributed by atoms with Crippen molar-refractivity contribution in [3.8, 4) is 0 Å². The van der Waals surface area contributed by atoms with Gasteiger partial charge in [-0.25, -0.2) is 0 Å². The molecular formula is C24H27N5O4. The molecule has 9 nitrogen and oxygen atoms in total. The molecule has 2 aliphatic rings. The normalized spacial score (nSPS) is 18.8. The number of rotatable bonds is 5. The summed E-state index contributed by atoms with van der Waals surface area (Å²) >= 11 is 0. The van der Waals surface area contributed by atoms with Crippen LogP contribution >= 0.6 is 0 Å². The second-order valence-electron chi connectivity index (χ2n) is 8.58. The first kappa shape index (κ1) is 21.5. The molecule has 3 aromatic rings. The maximum Gasteiger partial charge on any atom is 0.254 e. The van der Waals surface area contributed by atoms with Crippen molar-refractivity contribution in [2.24, 2.45) is 0 Å². The lowest BCUT2D eigenvalue weighted by Crippen LogP contribution is -2.40. The van der Waals surface area contributed by atoms with Crippen LogP contribution < -0.4 is 0 Å². The zero-order valence-electron chi connectivity index (χ0n) is 18.7. The van der Waals surface area contributed by atoms with Crippen molar-refractivity contribution in [3.05, 3.63) is 53.3 Å². The van der Waals surface area contributed by atoms with Gasteiger partial charge in [0.05, 0.1) is 24.3 Å². The lowest BCUT2D eigenvalue weighted by molar-refractivity contribution is -0.130. The van der Waals surface area contributed by atoms with Crippen LogP contribution in [0.4, 0.5) is 0 Å². The summed E-state index contributed by atoms with van der Waals surface area (Å²) < 4.78 is 10.5. The summed E-state index contributed by atoms with van der Waals surface area (Å²) in [6.45, 7) is 5.33. The van der Waals surface area contributed by atoms with Crippen molar-refractivity contribution in [2.75, 3.05) is 39.4 Å². The molecule has 9 heteroatoms. The fraction of sp³-hybridized carbons (Fsp3) is 0.458. The van der Waals surface area contributed by atoms with Crippen molar-refractivity contribution in [1.82, 2.24) is 24.9 Å². The Morgan fingerprint density at radius 1 is 1.09 bits per heavy atom. The van der Waals surface area contributed by atoms with E-state index in [4.69, 9.17) is 14.2 Å². The second-order valence-corrected chi connectivity index (χ2v) is 8.58. The highest BCUT2D eigenvalue weighted by Gasteiger charge is 2.30. The first-order chi connectivity index (χ1) is 16.1. The summed E-state index contributed by atoms with van der Waals surface area (Å²) in [6.07, 6.45) is 1.59. The van der Waals surface area contributed by atoms with Gasteiger partial charge in [-0.05, 0) is 25.5 Å². The number of benzene rings is 1. The zero-order valence-corrected chi connectivity index (χ0v) is 18.7. The molecule has 2 fully saturated rings. The number of nitrogens with zero attached hydrogens (tertiary/aromatic N) is 5. The smallest absolute Gasteiger partial charge is 0.254 e. The Morgan fingerprint density at radius 2 is 1.91 bits per heavy atom. The van der Waals surface area contributed by atoms with Crippen LogP contribution in [0.3, 0.4) is 0 Å². The molecule has 1 atom stereocenters. The van der Waals surface area contributed by atoms with E-state index in [1.807, 2.05) is 40.1 Å². The maximum atomic E-state index is 13.3. The number of aryl methyl sites for hydroxylation is 2. The van der Waals surface area contributed by atoms with E-state index in [0.717, 1.165) is 23.0 Å². The number of aromatic nitrogens is 3. The molecule has 0 saturated carbocycles. The summed E-state index contributed by atoms with van der Waals surface area (Å²) in [6, 6.07) is 9.69. The molecule has 5 rings (SSSR count). The minimum Gasteiger partial charge on any atom is -0.378 e. The van der Waals surface area contributed by atoms with E-state index in [-0.39, 0.29) is 17.7 Å². The van der Waals surface area contributed by atoms with Gasteiger partial charge in [-0.15, -0.1) is 0 Å². The average molecular weight is 450 g/mol. The summed E-state index contributed by atoms with van der Waals surface area (Å²) in [5, 5.41) is 4.63. The number of para-hydroxylation sites is 1. The SMILES string of the molecule is Cc1noc(CCC(=O)N2CC[C@H](c3cc(C(=O)N4CCOCC4)c4ccccc4n3)C2)n1. The number of hydrogen-bond donors (Lipinski definition) is 0. The van der Waals surface area contributed by atoms with Crippen LogP contribution in [0.5, 0.6) is 0 Å². The van der Waals surface area contributed by atoms with Crippen LogP contribution in [-0.2, 0) is 16.0 Å². The van der Waals surface area contributed by atoms with Crippen molar-refractivity contribution in [3.63, 3.8) is 0 Å². The average Bonchev–Trinajstić information content (AvgIpc) is 3.51. The monoisotopic (exact) mass is 449 g/mol. The van der Waals surface area contributed by atoms with Crippen LogP contribution in [0, 0.1) is 6.92 Å². The molecule has 0 N–H and O–H groups in total. The summed E-state index contributed by atoms with van der Waals surface area (Å²) in [7, 11) is 0. The molecule has 2 saturated heterocycles. The number of pyridine rings is 1. The van der Waals surface area contributed by atoms with Gasteiger partial charge < -0.3 is 19.1 Å². The van der Waals surface area contributed by atoms with E-state index >= 15 is 0 Å². The number of fused-ring (bicyclic) bond motifs is 1. The number of carbonyl (C=O) groups excluding carboxylic acids is 2. The molecule has 2 aliphatic heterocycles. The number of hydrogen-bond acceptors (Lipinski definition) is 7. The first-order valence-electron chi connectivity index (χ1n) is 11.4. The van der Waals surface area contributed by atoms with Gasteiger partial charge in [-0.2, -0.15) is 4.98 Å². The maximum absolute atomic E-state index is 13.3. The molecule has 2 aromatic heterocycles. The van der Waals surface area contributed by atoms with Crippen LogP contribution in [0.25, 0.3) is 10.9 Å². The molecule has 2 amide bonds. The van der Waals surface area contributed by atoms with Crippen molar-refractivity contribution >= 4 is 22.7 Å². The van der Waals surface area contributed by atoms with E-state index in [1.165, 1.54) is 0 Å². The predicted octanol–water partition coefficient (Wildman–Crippen LogP) is 2.35. The Hall–Kier alpha value is -3.33. The Balaban J connectivity index is 1.33. The zero-order chi connectivity index (χ0) is 22.8. The van der Waals surface area contributed by atoms with Gasteiger partial charge >= 0.3 is 0 Å². The van der Waals surface area contributed by atoms with Gasteiger partial charge in [-0.1, -0.05) is 23.4 Å². The minimum absolute atomic E-state index is 0.0129. The van der Waals surface area contributed by atoms with Crippen LogP contribution in [0.15, 0.2) is 34.9 Å². The Labute approximate surface area is 191 Å². The molecular weight excluding hydrogens is 422 g/mol. The highest BCUT2D eigenvalue weighted by molar-refractivity contribution is 6.06. The van der Waals surface area contributed by atoms with E-state index in [2.05, 4.69) is 10.1 Å². The molecule has 1 aromatic carbocycles. The highest BCUT2D eigenvalue weighted by atomic mass is 16.5. The third-order valence-corrected chi connectivity index (χ3v) is 6.35. The Morgan fingerprint density at radius 3 is 2.70 bits per heavy atom. The lowest BCUT2D eigenvalue weighted by atomic mass is 9.99. The Kier molecular flexibility index (Phi) is 6.04. The highest BCUT2D eigenvalue weighted by Crippen LogP contribution is 2.30. The molecule has 0 unspecified atom stereocenters. The number of carbonyl (C=O) groups is 2. The van der Waals surface area contributed by atoms with Gasteiger partial charge in [0.15, 0.2) is 5.82 Å². The standard InChI is InChI=1S/C24H27N5O4/c1-16-25-22(33-27-16)6-7-23(30)29-9-8-17(15-29)21-14-19(18-4-2-3-5-20(18)26-21)24(31)28-10-12-32-13-11-28/h2-5,14,17H,6-13,15H2,1H3/t17-/m0/s1. The predicted molar refractivity (Wildman–Crippen MR) is 120 cm³/mol. The molecule has 0 aliphatic carbocycles. The fourth-order valence-electron chi connectivity index (χ4n) is 4.56. The van der Waals surface area contributed by atoms with E-state index < -0.39 is 0 Å². The molecule has 172 valence electrons. The lowest BCUT2D eigenvalue weighted by Gasteiger charge is -2.27. The summed E-state index contributed by atoms with van der Waals surface area (Å²) in [4.78, 5) is 38.8. The van der Waals surface area contributed by atoms with Crippen molar-refractivity contribution < 1.29 is 18.8 Å². The topological polar surface area (TPSA) is 102 Å². The fourth-order valence-corrected chi connectivity index (χ4v) is 4.56. The largest absolute Gasteiger partial charge is 0.378 e. The van der Waals surface area contributed by atoms with Gasteiger partial charge in [0.1, 0.15) is 0 Å². The third-order valence-electron chi connectivity index (χ3n) is 6.35. The number of amides is 2. The minimum atomic E-state index is 0.0129. The Bertz CT molecular complexity index is 1170.